The van der Waals surface area contributed by atoms with Crippen LogP contribution in [0.25, 0.3) is 0 Å². The molecule has 0 radical (unpaired) electrons. The molecule has 104 valence electrons. The fraction of sp³-hybridized carbons (Fsp3) is 1.00. The van der Waals surface area contributed by atoms with E-state index in [-0.39, 0.29) is 17.1 Å². The molecule has 0 aliphatic rings. The largest absolute Gasteiger partial charge is 0.393 e. The molecule has 3 heteroatoms. The summed E-state index contributed by atoms with van der Waals surface area (Å²) in [7, 11) is 0. The molecular weight excluding hydrogens is 216 g/mol. The molecule has 0 aromatic rings. The van der Waals surface area contributed by atoms with Gasteiger partial charge in [-0.2, -0.15) is 0 Å². The molecule has 0 saturated heterocycles. The quantitative estimate of drug-likeness (QED) is 0.573. The molecule has 1 N–H and O–H groups in total. The van der Waals surface area contributed by atoms with E-state index in [1.54, 1.807) is 6.92 Å². The predicted octanol–water partition coefficient (Wildman–Crippen LogP) is 3.70. The van der Waals surface area contributed by atoms with Crippen molar-refractivity contribution in [1.29, 1.82) is 0 Å². The van der Waals surface area contributed by atoms with E-state index in [1.165, 1.54) is 0 Å². The Morgan fingerprint density at radius 2 is 1.29 bits per heavy atom. The summed E-state index contributed by atoms with van der Waals surface area (Å²) in [6.07, 6.45) is 1.07. The minimum Gasteiger partial charge on any atom is -0.393 e. The van der Waals surface area contributed by atoms with Gasteiger partial charge in [-0.1, -0.05) is 20.8 Å². The third-order valence-corrected chi connectivity index (χ3v) is 2.24. The summed E-state index contributed by atoms with van der Waals surface area (Å²) in [6, 6.07) is 0. The molecule has 0 spiro atoms. The Labute approximate surface area is 106 Å². The molecule has 0 fully saturated rings. The average molecular weight is 246 g/mol. The maximum atomic E-state index is 9.37. The summed E-state index contributed by atoms with van der Waals surface area (Å²) < 4.78 is 0. The van der Waals surface area contributed by atoms with Crippen molar-refractivity contribution < 1.29 is 14.9 Å². The summed E-state index contributed by atoms with van der Waals surface area (Å²) in [4.78, 5) is 11.1. The van der Waals surface area contributed by atoms with E-state index in [9.17, 15) is 5.11 Å². The van der Waals surface area contributed by atoms with E-state index in [4.69, 9.17) is 9.78 Å². The molecule has 0 rings (SSSR count). The van der Waals surface area contributed by atoms with E-state index in [0.717, 1.165) is 6.42 Å². The van der Waals surface area contributed by atoms with Gasteiger partial charge in [0, 0.05) is 6.42 Å². The second-order valence-corrected chi connectivity index (χ2v) is 7.48. The molecule has 0 aliphatic carbocycles. The van der Waals surface area contributed by atoms with Crippen LogP contribution in [0.5, 0.6) is 0 Å². The zero-order valence-corrected chi connectivity index (χ0v) is 12.8. The molecule has 1 atom stereocenters. The number of aliphatic hydroxyl groups is 1. The van der Waals surface area contributed by atoms with Gasteiger partial charge in [-0.3, -0.25) is 0 Å². The Bertz CT molecular complexity index is 224. The first-order valence-corrected chi connectivity index (χ1v) is 6.38. The monoisotopic (exact) mass is 246 g/mol. The number of hydrogen-bond acceptors (Lipinski definition) is 3. The van der Waals surface area contributed by atoms with Gasteiger partial charge in [-0.05, 0) is 46.5 Å². The minimum absolute atomic E-state index is 0.196. The lowest BCUT2D eigenvalue weighted by Gasteiger charge is -2.35. The standard InChI is InChI=1S/C14H30O3/c1-11(15)9-13(5,6)16-17-14(7,8)10-12(2,3)4/h11,15H,9-10H2,1-8H3. The molecule has 3 nitrogen and oxygen atoms in total. The SMILES string of the molecule is CC(O)CC(C)(C)OOC(C)(C)CC(C)(C)C. The fourth-order valence-electron chi connectivity index (χ4n) is 2.28. The van der Waals surface area contributed by atoms with Gasteiger partial charge in [0.15, 0.2) is 0 Å². The molecule has 0 heterocycles. The first-order chi connectivity index (χ1) is 7.33. The van der Waals surface area contributed by atoms with Crippen LogP contribution in [0.2, 0.25) is 0 Å². The molecule has 0 bridgehead atoms. The van der Waals surface area contributed by atoms with Gasteiger partial charge in [0.1, 0.15) is 5.60 Å². The smallest absolute Gasteiger partial charge is 0.100 e. The molecule has 17 heavy (non-hydrogen) atoms. The van der Waals surface area contributed by atoms with E-state index >= 15 is 0 Å². The van der Waals surface area contributed by atoms with Gasteiger partial charge in [-0.25, -0.2) is 9.78 Å². The maximum Gasteiger partial charge on any atom is 0.100 e. The van der Waals surface area contributed by atoms with Crippen molar-refractivity contribution in [2.45, 2.75) is 85.5 Å². The summed E-state index contributed by atoms with van der Waals surface area (Å²) in [5.74, 6) is 0. The van der Waals surface area contributed by atoms with E-state index in [1.807, 2.05) is 27.7 Å². The van der Waals surface area contributed by atoms with Crippen molar-refractivity contribution >= 4 is 0 Å². The van der Waals surface area contributed by atoms with Crippen LogP contribution in [0.3, 0.4) is 0 Å². The first-order valence-electron chi connectivity index (χ1n) is 6.38. The van der Waals surface area contributed by atoms with Gasteiger partial charge in [0.25, 0.3) is 0 Å². The number of rotatable bonds is 6. The van der Waals surface area contributed by atoms with Crippen LogP contribution in [0.4, 0.5) is 0 Å². The second kappa shape index (κ2) is 5.68. The zero-order chi connectivity index (χ0) is 13.9. The molecule has 1 unspecified atom stereocenters. The van der Waals surface area contributed by atoms with E-state index < -0.39 is 5.60 Å². The third kappa shape index (κ3) is 9.57. The van der Waals surface area contributed by atoms with Crippen LogP contribution in [-0.2, 0) is 9.78 Å². The van der Waals surface area contributed by atoms with Crippen LogP contribution in [0.15, 0.2) is 0 Å². The Balaban J connectivity index is 4.26. The molecule has 0 aromatic heterocycles. The molecule has 0 saturated carbocycles. The maximum absolute atomic E-state index is 9.37. The molecule has 0 aliphatic heterocycles. The topological polar surface area (TPSA) is 38.7 Å². The lowest BCUT2D eigenvalue weighted by molar-refractivity contribution is -0.406. The van der Waals surface area contributed by atoms with Crippen LogP contribution in [-0.4, -0.2) is 22.4 Å². The summed E-state index contributed by atoms with van der Waals surface area (Å²) in [6.45, 7) is 16.2. The van der Waals surface area contributed by atoms with Gasteiger partial charge < -0.3 is 5.11 Å². The van der Waals surface area contributed by atoms with Crippen molar-refractivity contribution in [2.75, 3.05) is 0 Å². The first kappa shape index (κ1) is 16.9. The predicted molar refractivity (Wildman–Crippen MR) is 70.7 cm³/mol. The Morgan fingerprint density at radius 3 is 1.65 bits per heavy atom. The minimum atomic E-state index is -0.469. The van der Waals surface area contributed by atoms with Crippen LogP contribution in [0.1, 0.15) is 68.2 Å². The lowest BCUT2D eigenvalue weighted by atomic mass is 9.84. The van der Waals surface area contributed by atoms with Crippen molar-refractivity contribution in [1.82, 2.24) is 0 Å². The summed E-state index contributed by atoms with van der Waals surface area (Å²) in [5, 5.41) is 9.37. The fourth-order valence-corrected chi connectivity index (χ4v) is 2.28. The Hall–Kier alpha value is -0.120. The summed E-state index contributed by atoms with van der Waals surface area (Å²) >= 11 is 0. The number of aliphatic hydroxyl groups excluding tert-OH is 1. The van der Waals surface area contributed by atoms with Crippen molar-refractivity contribution in [3.63, 3.8) is 0 Å². The van der Waals surface area contributed by atoms with E-state index in [0.29, 0.717) is 6.42 Å². The Morgan fingerprint density at radius 1 is 0.882 bits per heavy atom. The van der Waals surface area contributed by atoms with Crippen LogP contribution in [0, 0.1) is 5.41 Å². The zero-order valence-electron chi connectivity index (χ0n) is 12.8. The van der Waals surface area contributed by atoms with Gasteiger partial charge in [-0.15, -0.1) is 0 Å². The van der Waals surface area contributed by atoms with Gasteiger partial charge in [0.05, 0.1) is 11.7 Å². The summed E-state index contributed by atoms with van der Waals surface area (Å²) in [5.41, 5.74) is -0.598. The van der Waals surface area contributed by atoms with Crippen molar-refractivity contribution in [2.24, 2.45) is 5.41 Å². The number of hydrogen-bond donors (Lipinski definition) is 1. The lowest BCUT2D eigenvalue weighted by Crippen LogP contribution is -2.36. The van der Waals surface area contributed by atoms with Crippen molar-refractivity contribution in [3.8, 4) is 0 Å². The Kier molecular flexibility index (Phi) is 5.64. The highest BCUT2D eigenvalue weighted by atomic mass is 17.2. The van der Waals surface area contributed by atoms with Gasteiger partial charge in [0.2, 0.25) is 0 Å². The average Bonchev–Trinajstić information content (AvgIpc) is 1.94. The van der Waals surface area contributed by atoms with Crippen molar-refractivity contribution in [3.05, 3.63) is 0 Å². The van der Waals surface area contributed by atoms with Gasteiger partial charge >= 0.3 is 0 Å². The highest BCUT2D eigenvalue weighted by Gasteiger charge is 2.31. The molecular formula is C14H30O3. The van der Waals surface area contributed by atoms with E-state index in [2.05, 4.69) is 20.8 Å². The highest BCUT2D eigenvalue weighted by Crippen LogP contribution is 2.31. The van der Waals surface area contributed by atoms with Crippen LogP contribution >= 0.6 is 0 Å². The third-order valence-electron chi connectivity index (χ3n) is 2.24. The highest BCUT2D eigenvalue weighted by molar-refractivity contribution is 4.76. The normalized spacial score (nSPS) is 16.1. The van der Waals surface area contributed by atoms with Crippen LogP contribution < -0.4 is 0 Å². The second-order valence-electron chi connectivity index (χ2n) is 7.48. The molecule has 0 amide bonds. The molecule has 0 aromatic carbocycles.